The third-order valence-electron chi connectivity index (χ3n) is 4.10. The SMILES string of the molecule is CCc1ccc(-c2nc3scc(-c4ccccc4)n3c2N)cc1. The number of fused-ring (bicyclic) bond motifs is 1. The van der Waals surface area contributed by atoms with Crippen molar-refractivity contribution in [2.75, 3.05) is 5.73 Å². The summed E-state index contributed by atoms with van der Waals surface area (Å²) in [6.45, 7) is 2.15. The van der Waals surface area contributed by atoms with Crippen LogP contribution in [0, 0.1) is 0 Å². The Kier molecular flexibility index (Phi) is 3.39. The molecular weight excluding hydrogens is 302 g/mol. The number of thiazole rings is 1. The first kappa shape index (κ1) is 14.0. The molecule has 0 radical (unpaired) electrons. The fourth-order valence-corrected chi connectivity index (χ4v) is 3.71. The minimum absolute atomic E-state index is 0.698. The van der Waals surface area contributed by atoms with Gasteiger partial charge in [0.05, 0.1) is 5.69 Å². The minimum atomic E-state index is 0.698. The lowest BCUT2D eigenvalue weighted by Crippen LogP contribution is -1.95. The highest BCUT2D eigenvalue weighted by atomic mass is 32.1. The van der Waals surface area contributed by atoms with E-state index in [1.165, 1.54) is 5.56 Å². The molecule has 23 heavy (non-hydrogen) atoms. The maximum atomic E-state index is 6.43. The summed E-state index contributed by atoms with van der Waals surface area (Å²) in [5.41, 5.74) is 11.9. The molecule has 114 valence electrons. The van der Waals surface area contributed by atoms with E-state index in [1.54, 1.807) is 11.3 Å². The van der Waals surface area contributed by atoms with Gasteiger partial charge in [-0.05, 0) is 17.5 Å². The quantitative estimate of drug-likeness (QED) is 0.585. The summed E-state index contributed by atoms with van der Waals surface area (Å²) in [6.07, 6.45) is 1.03. The van der Waals surface area contributed by atoms with Crippen LogP contribution < -0.4 is 5.73 Å². The lowest BCUT2D eigenvalue weighted by molar-refractivity contribution is 1.14. The number of hydrogen-bond acceptors (Lipinski definition) is 3. The van der Waals surface area contributed by atoms with Gasteiger partial charge in [-0.25, -0.2) is 4.98 Å². The molecule has 0 aliphatic rings. The van der Waals surface area contributed by atoms with Crippen LogP contribution in [0.25, 0.3) is 27.5 Å². The Hall–Kier alpha value is -2.59. The molecule has 0 saturated heterocycles. The molecule has 4 aromatic rings. The number of aromatic nitrogens is 2. The van der Waals surface area contributed by atoms with E-state index in [0.717, 1.165) is 33.9 Å². The summed E-state index contributed by atoms with van der Waals surface area (Å²) in [5, 5.41) is 2.11. The van der Waals surface area contributed by atoms with Gasteiger partial charge in [-0.1, -0.05) is 61.5 Å². The van der Waals surface area contributed by atoms with Gasteiger partial charge in [0.1, 0.15) is 11.5 Å². The molecule has 0 amide bonds. The first-order valence-corrected chi connectivity index (χ1v) is 8.56. The molecule has 2 N–H and O–H groups in total. The zero-order chi connectivity index (χ0) is 15.8. The number of hydrogen-bond donors (Lipinski definition) is 1. The van der Waals surface area contributed by atoms with Crippen LogP contribution in [0.3, 0.4) is 0 Å². The number of anilines is 1. The fraction of sp³-hybridized carbons (Fsp3) is 0.105. The third kappa shape index (κ3) is 2.32. The Labute approximate surface area is 139 Å². The molecule has 2 aromatic heterocycles. The molecule has 3 nitrogen and oxygen atoms in total. The molecule has 0 unspecified atom stereocenters. The lowest BCUT2D eigenvalue weighted by Gasteiger charge is -2.04. The first-order valence-electron chi connectivity index (χ1n) is 7.68. The van der Waals surface area contributed by atoms with Crippen LogP contribution in [0.15, 0.2) is 60.0 Å². The Morgan fingerprint density at radius 3 is 2.43 bits per heavy atom. The van der Waals surface area contributed by atoms with Gasteiger partial charge in [0.25, 0.3) is 0 Å². The number of rotatable bonds is 3. The molecule has 4 heteroatoms. The maximum absolute atomic E-state index is 6.43. The van der Waals surface area contributed by atoms with Crippen LogP contribution in [-0.4, -0.2) is 9.38 Å². The average molecular weight is 319 g/mol. The van der Waals surface area contributed by atoms with Gasteiger partial charge in [0, 0.05) is 10.9 Å². The van der Waals surface area contributed by atoms with Gasteiger partial charge < -0.3 is 5.73 Å². The second-order valence-corrected chi connectivity index (χ2v) is 6.34. The summed E-state index contributed by atoms with van der Waals surface area (Å²) in [7, 11) is 0. The average Bonchev–Trinajstić information content (AvgIpc) is 3.16. The Morgan fingerprint density at radius 2 is 1.74 bits per heavy atom. The molecule has 0 bridgehead atoms. The van der Waals surface area contributed by atoms with Crippen LogP contribution in [0.5, 0.6) is 0 Å². The van der Waals surface area contributed by atoms with Crippen LogP contribution >= 0.6 is 11.3 Å². The zero-order valence-electron chi connectivity index (χ0n) is 12.9. The molecule has 0 atom stereocenters. The van der Waals surface area contributed by atoms with Crippen molar-refractivity contribution in [2.45, 2.75) is 13.3 Å². The Bertz CT molecular complexity index is 950. The zero-order valence-corrected chi connectivity index (χ0v) is 13.7. The predicted octanol–water partition coefficient (Wildman–Crippen LogP) is 4.87. The monoisotopic (exact) mass is 319 g/mol. The summed E-state index contributed by atoms with van der Waals surface area (Å²) >= 11 is 1.62. The molecule has 0 aliphatic carbocycles. The van der Waals surface area contributed by atoms with E-state index in [2.05, 4.69) is 48.7 Å². The highest BCUT2D eigenvalue weighted by Crippen LogP contribution is 2.34. The fourth-order valence-electron chi connectivity index (χ4n) is 2.80. The molecule has 0 saturated carbocycles. The largest absolute Gasteiger partial charge is 0.383 e. The van der Waals surface area contributed by atoms with Gasteiger partial charge in [-0.2, -0.15) is 0 Å². The number of nitrogens with two attached hydrogens (primary N) is 1. The maximum Gasteiger partial charge on any atom is 0.196 e. The van der Waals surface area contributed by atoms with Crippen LogP contribution in [0.1, 0.15) is 12.5 Å². The van der Waals surface area contributed by atoms with Crippen molar-refractivity contribution in [3.63, 3.8) is 0 Å². The van der Waals surface area contributed by atoms with Crippen LogP contribution in [0.2, 0.25) is 0 Å². The van der Waals surface area contributed by atoms with Gasteiger partial charge in [-0.15, -0.1) is 11.3 Å². The molecular formula is C19H17N3S. The molecule has 0 aliphatic heterocycles. The van der Waals surface area contributed by atoms with Gasteiger partial charge in [-0.3, -0.25) is 4.40 Å². The standard InChI is InChI=1S/C19H17N3S/c1-2-13-8-10-15(11-9-13)17-18(20)22-16(12-23-19(22)21-17)14-6-4-3-5-7-14/h3-12H,2,20H2,1H3. The topological polar surface area (TPSA) is 43.3 Å². The highest BCUT2D eigenvalue weighted by Gasteiger charge is 2.16. The van der Waals surface area contributed by atoms with Crippen molar-refractivity contribution in [3.05, 3.63) is 65.5 Å². The van der Waals surface area contributed by atoms with Crippen LogP contribution in [0.4, 0.5) is 5.82 Å². The van der Waals surface area contributed by atoms with E-state index in [0.29, 0.717) is 5.82 Å². The minimum Gasteiger partial charge on any atom is -0.383 e. The number of imidazole rings is 1. The van der Waals surface area contributed by atoms with Crippen molar-refractivity contribution in [1.29, 1.82) is 0 Å². The van der Waals surface area contributed by atoms with E-state index in [4.69, 9.17) is 10.7 Å². The third-order valence-corrected chi connectivity index (χ3v) is 4.93. The number of nitrogens with zero attached hydrogens (tertiary/aromatic N) is 2. The summed E-state index contributed by atoms with van der Waals surface area (Å²) < 4.78 is 2.04. The lowest BCUT2D eigenvalue weighted by atomic mass is 10.1. The molecule has 0 fully saturated rings. The van der Waals surface area contributed by atoms with E-state index in [9.17, 15) is 0 Å². The molecule has 2 heterocycles. The second-order valence-electron chi connectivity index (χ2n) is 5.50. The van der Waals surface area contributed by atoms with Crippen molar-refractivity contribution < 1.29 is 0 Å². The highest BCUT2D eigenvalue weighted by molar-refractivity contribution is 7.15. The smallest absolute Gasteiger partial charge is 0.196 e. The van der Waals surface area contributed by atoms with Crippen molar-refractivity contribution in [2.24, 2.45) is 0 Å². The normalized spacial score (nSPS) is 11.2. The Morgan fingerprint density at radius 1 is 1.00 bits per heavy atom. The van der Waals surface area contributed by atoms with E-state index >= 15 is 0 Å². The van der Waals surface area contributed by atoms with E-state index < -0.39 is 0 Å². The summed E-state index contributed by atoms with van der Waals surface area (Å²) in [5.74, 6) is 0.698. The predicted molar refractivity (Wildman–Crippen MR) is 97.7 cm³/mol. The molecule has 4 rings (SSSR count). The summed E-state index contributed by atoms with van der Waals surface area (Å²) in [4.78, 5) is 5.67. The first-order chi connectivity index (χ1) is 11.3. The number of nitrogen functional groups attached to an aromatic ring is 1. The van der Waals surface area contributed by atoms with Gasteiger partial charge in [0.2, 0.25) is 0 Å². The van der Waals surface area contributed by atoms with Crippen molar-refractivity contribution in [1.82, 2.24) is 9.38 Å². The Balaban J connectivity index is 1.87. The molecule has 0 spiro atoms. The number of benzene rings is 2. The number of aryl methyl sites for hydroxylation is 1. The van der Waals surface area contributed by atoms with E-state index in [1.807, 2.05) is 22.6 Å². The van der Waals surface area contributed by atoms with Crippen LogP contribution in [-0.2, 0) is 6.42 Å². The summed E-state index contributed by atoms with van der Waals surface area (Å²) in [6, 6.07) is 18.8. The van der Waals surface area contributed by atoms with Gasteiger partial charge in [0.15, 0.2) is 4.96 Å². The van der Waals surface area contributed by atoms with Crippen molar-refractivity contribution >= 4 is 22.1 Å². The van der Waals surface area contributed by atoms with Crippen molar-refractivity contribution in [3.8, 4) is 22.5 Å². The molecule has 2 aromatic carbocycles. The van der Waals surface area contributed by atoms with E-state index in [-0.39, 0.29) is 0 Å². The van der Waals surface area contributed by atoms with Gasteiger partial charge >= 0.3 is 0 Å². The second kappa shape index (κ2) is 5.56.